The molecule has 0 amide bonds. The lowest BCUT2D eigenvalue weighted by Crippen LogP contribution is -1.89. The normalized spacial score (nSPS) is 9.87. The smallest absolute Gasteiger partial charge is 0.154 e. The minimum atomic E-state index is -0.0202. The van der Waals surface area contributed by atoms with Crippen LogP contribution in [0, 0.1) is 0 Å². The Labute approximate surface area is 87.0 Å². The van der Waals surface area contributed by atoms with Crippen LogP contribution < -0.4 is 0 Å². The number of phenols is 1. The van der Waals surface area contributed by atoms with E-state index in [9.17, 15) is 9.90 Å². The number of rotatable bonds is 2. The van der Waals surface area contributed by atoms with Gasteiger partial charge in [-0.3, -0.25) is 9.78 Å². The first-order valence-electron chi connectivity index (χ1n) is 4.51. The van der Waals surface area contributed by atoms with E-state index in [4.69, 9.17) is 0 Å². The number of aromatic hydroxyl groups is 1. The first-order chi connectivity index (χ1) is 7.33. The van der Waals surface area contributed by atoms with E-state index in [1.54, 1.807) is 30.5 Å². The average Bonchev–Trinajstić information content (AvgIpc) is 2.30. The number of phenolic OH excluding ortho intramolecular Hbond substituents is 1. The molecule has 0 saturated heterocycles. The molecule has 0 saturated carbocycles. The zero-order chi connectivity index (χ0) is 10.7. The maximum Gasteiger partial charge on any atom is 0.154 e. The Hall–Kier alpha value is -2.16. The summed E-state index contributed by atoms with van der Waals surface area (Å²) in [5, 5.41) is 9.49. The summed E-state index contributed by atoms with van der Waals surface area (Å²) in [4.78, 5) is 15.0. The molecule has 3 nitrogen and oxygen atoms in total. The highest BCUT2D eigenvalue weighted by molar-refractivity contribution is 5.89. The van der Waals surface area contributed by atoms with Crippen molar-refractivity contribution in [1.29, 1.82) is 0 Å². The number of hydrogen-bond donors (Lipinski definition) is 1. The van der Waals surface area contributed by atoms with Crippen LogP contribution in [0.5, 0.6) is 5.75 Å². The highest BCUT2D eigenvalue weighted by Gasteiger charge is 2.08. The molecule has 3 heteroatoms. The summed E-state index contributed by atoms with van der Waals surface area (Å²) in [5.74, 6) is -0.0202. The van der Waals surface area contributed by atoms with Crippen LogP contribution in [0.1, 0.15) is 10.4 Å². The number of carbonyl (C=O) groups excluding carboxylic acids is 1. The monoisotopic (exact) mass is 199 g/mol. The van der Waals surface area contributed by atoms with Gasteiger partial charge in [-0.25, -0.2) is 0 Å². The molecule has 2 aromatic rings. The number of pyridine rings is 1. The molecule has 2 rings (SSSR count). The molecule has 0 fully saturated rings. The van der Waals surface area contributed by atoms with Crippen LogP contribution in [-0.4, -0.2) is 16.4 Å². The van der Waals surface area contributed by atoms with Gasteiger partial charge in [0.15, 0.2) is 6.29 Å². The molecule has 0 aliphatic rings. The van der Waals surface area contributed by atoms with Crippen molar-refractivity contribution in [2.24, 2.45) is 0 Å². The van der Waals surface area contributed by atoms with E-state index in [0.29, 0.717) is 17.5 Å². The van der Waals surface area contributed by atoms with E-state index in [0.717, 1.165) is 0 Å². The van der Waals surface area contributed by atoms with Gasteiger partial charge in [0.1, 0.15) is 5.75 Å². The SMILES string of the molecule is O=Cc1c(O)cccc1-c1ccccn1. The number of aldehydes is 1. The number of aromatic nitrogens is 1. The first kappa shape index (κ1) is 9.40. The summed E-state index contributed by atoms with van der Waals surface area (Å²) < 4.78 is 0. The quantitative estimate of drug-likeness (QED) is 0.755. The fourth-order valence-electron chi connectivity index (χ4n) is 1.42. The largest absolute Gasteiger partial charge is 0.507 e. The van der Waals surface area contributed by atoms with Crippen molar-refractivity contribution in [1.82, 2.24) is 4.98 Å². The lowest BCUT2D eigenvalue weighted by molar-refractivity contribution is 0.112. The highest BCUT2D eigenvalue weighted by Crippen LogP contribution is 2.26. The van der Waals surface area contributed by atoms with E-state index < -0.39 is 0 Å². The highest BCUT2D eigenvalue weighted by atomic mass is 16.3. The van der Waals surface area contributed by atoms with Gasteiger partial charge in [0.05, 0.1) is 11.3 Å². The second kappa shape index (κ2) is 3.92. The van der Waals surface area contributed by atoms with Crippen LogP contribution in [0.2, 0.25) is 0 Å². The molecule has 1 aromatic carbocycles. The van der Waals surface area contributed by atoms with E-state index >= 15 is 0 Å². The molecule has 0 unspecified atom stereocenters. The van der Waals surface area contributed by atoms with Gasteiger partial charge in [-0.05, 0) is 18.2 Å². The topological polar surface area (TPSA) is 50.2 Å². The zero-order valence-electron chi connectivity index (χ0n) is 7.92. The van der Waals surface area contributed by atoms with Crippen LogP contribution in [-0.2, 0) is 0 Å². The minimum Gasteiger partial charge on any atom is -0.507 e. The molecule has 1 aromatic heterocycles. The second-order valence-corrected chi connectivity index (χ2v) is 3.07. The molecule has 0 spiro atoms. The number of benzene rings is 1. The average molecular weight is 199 g/mol. The third-order valence-corrected chi connectivity index (χ3v) is 2.14. The fraction of sp³-hybridized carbons (Fsp3) is 0. The molecule has 1 N–H and O–H groups in total. The van der Waals surface area contributed by atoms with E-state index in [-0.39, 0.29) is 11.3 Å². The van der Waals surface area contributed by atoms with Gasteiger partial charge in [0.2, 0.25) is 0 Å². The molecule has 0 aliphatic heterocycles. The van der Waals surface area contributed by atoms with Crippen molar-refractivity contribution < 1.29 is 9.90 Å². The number of carbonyl (C=O) groups is 1. The van der Waals surface area contributed by atoms with Crippen LogP contribution in [0.3, 0.4) is 0 Å². The van der Waals surface area contributed by atoms with E-state index in [1.807, 2.05) is 6.07 Å². The van der Waals surface area contributed by atoms with Gasteiger partial charge in [0.25, 0.3) is 0 Å². The maximum atomic E-state index is 10.8. The molecule has 1 heterocycles. The van der Waals surface area contributed by atoms with Crippen molar-refractivity contribution in [3.05, 3.63) is 48.2 Å². The van der Waals surface area contributed by atoms with Crippen molar-refractivity contribution in [2.75, 3.05) is 0 Å². The van der Waals surface area contributed by atoms with Gasteiger partial charge in [-0.2, -0.15) is 0 Å². The molecule has 0 bridgehead atoms. The number of nitrogens with zero attached hydrogens (tertiary/aromatic N) is 1. The molecule has 0 radical (unpaired) electrons. The summed E-state index contributed by atoms with van der Waals surface area (Å²) in [6, 6.07) is 10.4. The Morgan fingerprint density at radius 2 is 2.00 bits per heavy atom. The molecular weight excluding hydrogens is 190 g/mol. The second-order valence-electron chi connectivity index (χ2n) is 3.07. The lowest BCUT2D eigenvalue weighted by Gasteiger charge is -2.04. The zero-order valence-corrected chi connectivity index (χ0v) is 7.92. The van der Waals surface area contributed by atoms with E-state index in [1.165, 1.54) is 6.07 Å². The first-order valence-corrected chi connectivity index (χ1v) is 4.51. The van der Waals surface area contributed by atoms with Crippen molar-refractivity contribution in [3.8, 4) is 17.0 Å². The Balaban J connectivity index is 2.63. The van der Waals surface area contributed by atoms with Crippen LogP contribution in [0.25, 0.3) is 11.3 Å². The van der Waals surface area contributed by atoms with Crippen LogP contribution in [0.15, 0.2) is 42.6 Å². The third kappa shape index (κ3) is 1.72. The standard InChI is InChI=1S/C12H9NO2/c14-8-10-9(4-3-6-12(10)15)11-5-1-2-7-13-11/h1-8,15H. The van der Waals surface area contributed by atoms with E-state index in [2.05, 4.69) is 4.98 Å². The van der Waals surface area contributed by atoms with Crippen LogP contribution in [0.4, 0.5) is 0 Å². The summed E-state index contributed by atoms with van der Waals surface area (Å²) in [6.45, 7) is 0. The Morgan fingerprint density at radius 1 is 1.13 bits per heavy atom. The van der Waals surface area contributed by atoms with Gasteiger partial charge >= 0.3 is 0 Å². The predicted octanol–water partition coefficient (Wildman–Crippen LogP) is 2.27. The van der Waals surface area contributed by atoms with Crippen LogP contribution >= 0.6 is 0 Å². The molecule has 0 atom stereocenters. The lowest BCUT2D eigenvalue weighted by atomic mass is 10.0. The minimum absolute atomic E-state index is 0.0202. The molecule has 0 aliphatic carbocycles. The number of hydrogen-bond acceptors (Lipinski definition) is 3. The van der Waals surface area contributed by atoms with Gasteiger partial charge in [0, 0.05) is 11.8 Å². The molecule has 74 valence electrons. The van der Waals surface area contributed by atoms with Gasteiger partial charge < -0.3 is 5.11 Å². The van der Waals surface area contributed by atoms with Gasteiger partial charge in [-0.15, -0.1) is 0 Å². The summed E-state index contributed by atoms with van der Waals surface area (Å²) in [5.41, 5.74) is 1.59. The Bertz CT molecular complexity index is 480. The third-order valence-electron chi connectivity index (χ3n) is 2.14. The Kier molecular flexibility index (Phi) is 2.46. The summed E-state index contributed by atoms with van der Waals surface area (Å²) in [7, 11) is 0. The fourth-order valence-corrected chi connectivity index (χ4v) is 1.42. The maximum absolute atomic E-state index is 10.8. The molecule has 15 heavy (non-hydrogen) atoms. The van der Waals surface area contributed by atoms with Crippen molar-refractivity contribution >= 4 is 6.29 Å². The molecular formula is C12H9NO2. The predicted molar refractivity (Wildman–Crippen MR) is 56.7 cm³/mol. The van der Waals surface area contributed by atoms with Gasteiger partial charge in [-0.1, -0.05) is 18.2 Å². The summed E-state index contributed by atoms with van der Waals surface area (Å²) in [6.07, 6.45) is 2.29. The summed E-state index contributed by atoms with van der Waals surface area (Å²) >= 11 is 0. The van der Waals surface area contributed by atoms with Crippen molar-refractivity contribution in [2.45, 2.75) is 0 Å². The Morgan fingerprint density at radius 3 is 2.67 bits per heavy atom. The van der Waals surface area contributed by atoms with Crippen molar-refractivity contribution in [3.63, 3.8) is 0 Å².